The molecule has 0 bridgehead atoms. The van der Waals surface area contributed by atoms with Crippen molar-refractivity contribution in [1.82, 2.24) is 24.5 Å². The molecule has 1 aliphatic rings. The Morgan fingerprint density at radius 1 is 1.43 bits per heavy atom. The minimum Gasteiger partial charge on any atom is -0.444 e. The van der Waals surface area contributed by atoms with E-state index in [9.17, 15) is 4.79 Å². The van der Waals surface area contributed by atoms with Gasteiger partial charge in [-0.05, 0) is 52.5 Å². The first-order valence-electron chi connectivity index (χ1n) is 7.96. The standard InChI is InChI=1S/C16H23N5O2/c1-11-7-13(21-14(19-11)17-10-18-21)8-12-5-6-20(9-12)15(22)23-16(2,3)4/h7,10,12H,5-6,8-9H2,1-4H3. The summed E-state index contributed by atoms with van der Waals surface area (Å²) in [5, 5.41) is 4.24. The van der Waals surface area contributed by atoms with Crippen molar-refractivity contribution >= 4 is 11.9 Å². The van der Waals surface area contributed by atoms with Gasteiger partial charge >= 0.3 is 6.09 Å². The number of carbonyl (C=O) groups is 1. The molecule has 0 aliphatic carbocycles. The minimum atomic E-state index is -0.454. The van der Waals surface area contributed by atoms with Crippen molar-refractivity contribution in [2.24, 2.45) is 5.92 Å². The summed E-state index contributed by atoms with van der Waals surface area (Å²) >= 11 is 0. The maximum Gasteiger partial charge on any atom is 0.410 e. The van der Waals surface area contributed by atoms with E-state index in [0.29, 0.717) is 18.2 Å². The fourth-order valence-corrected chi connectivity index (χ4v) is 2.94. The van der Waals surface area contributed by atoms with E-state index < -0.39 is 5.60 Å². The summed E-state index contributed by atoms with van der Waals surface area (Å²) in [4.78, 5) is 22.5. The summed E-state index contributed by atoms with van der Waals surface area (Å²) in [7, 11) is 0. The number of rotatable bonds is 2. The van der Waals surface area contributed by atoms with Crippen LogP contribution >= 0.6 is 0 Å². The molecule has 0 aromatic carbocycles. The fraction of sp³-hybridized carbons (Fsp3) is 0.625. The highest BCUT2D eigenvalue weighted by atomic mass is 16.6. The molecule has 1 saturated heterocycles. The van der Waals surface area contributed by atoms with Crippen molar-refractivity contribution in [2.45, 2.75) is 46.1 Å². The number of ether oxygens (including phenoxy) is 1. The molecule has 0 radical (unpaired) electrons. The monoisotopic (exact) mass is 317 g/mol. The summed E-state index contributed by atoms with van der Waals surface area (Å²) < 4.78 is 7.23. The Morgan fingerprint density at radius 2 is 2.22 bits per heavy atom. The predicted octanol–water partition coefficient (Wildman–Crippen LogP) is 2.23. The number of carbonyl (C=O) groups excluding carboxylic acids is 1. The Labute approximate surface area is 135 Å². The highest BCUT2D eigenvalue weighted by molar-refractivity contribution is 5.68. The highest BCUT2D eigenvalue weighted by Gasteiger charge is 2.30. The Bertz CT molecular complexity index is 719. The lowest BCUT2D eigenvalue weighted by Crippen LogP contribution is -2.35. The summed E-state index contributed by atoms with van der Waals surface area (Å²) in [6, 6.07) is 2.04. The summed E-state index contributed by atoms with van der Waals surface area (Å²) in [6.45, 7) is 9.08. The van der Waals surface area contributed by atoms with Gasteiger partial charge in [-0.3, -0.25) is 0 Å². The van der Waals surface area contributed by atoms with Gasteiger partial charge in [0.05, 0.1) is 0 Å². The van der Waals surface area contributed by atoms with Crippen LogP contribution in [0.3, 0.4) is 0 Å². The van der Waals surface area contributed by atoms with E-state index in [1.54, 1.807) is 9.42 Å². The van der Waals surface area contributed by atoms with Gasteiger partial charge in [0.2, 0.25) is 0 Å². The Kier molecular flexibility index (Phi) is 3.95. The molecular weight excluding hydrogens is 294 g/mol. The lowest BCUT2D eigenvalue weighted by molar-refractivity contribution is 0.0288. The fourth-order valence-electron chi connectivity index (χ4n) is 2.94. The van der Waals surface area contributed by atoms with Gasteiger partial charge in [-0.15, -0.1) is 0 Å². The number of likely N-dealkylation sites (tertiary alicyclic amines) is 1. The molecule has 3 rings (SSSR count). The number of hydrogen-bond acceptors (Lipinski definition) is 5. The van der Waals surface area contributed by atoms with Gasteiger partial charge in [0.15, 0.2) is 0 Å². The van der Waals surface area contributed by atoms with Crippen LogP contribution in [0.5, 0.6) is 0 Å². The third kappa shape index (κ3) is 3.60. The van der Waals surface area contributed by atoms with Crippen LogP contribution in [0.25, 0.3) is 5.78 Å². The number of amides is 1. The van der Waals surface area contributed by atoms with Gasteiger partial charge in [0.1, 0.15) is 11.9 Å². The van der Waals surface area contributed by atoms with Crippen molar-refractivity contribution < 1.29 is 9.53 Å². The van der Waals surface area contributed by atoms with E-state index >= 15 is 0 Å². The van der Waals surface area contributed by atoms with Crippen LogP contribution in [0.2, 0.25) is 0 Å². The molecule has 2 aromatic heterocycles. The maximum atomic E-state index is 12.2. The second-order valence-electron chi connectivity index (χ2n) is 7.15. The normalized spacial score (nSPS) is 18.6. The first-order chi connectivity index (χ1) is 10.8. The average molecular weight is 317 g/mol. The Hall–Kier alpha value is -2.18. The first-order valence-corrected chi connectivity index (χ1v) is 7.96. The van der Waals surface area contributed by atoms with Gasteiger partial charge in [-0.25, -0.2) is 14.3 Å². The quantitative estimate of drug-likeness (QED) is 0.849. The smallest absolute Gasteiger partial charge is 0.410 e. The van der Waals surface area contributed by atoms with E-state index in [2.05, 4.69) is 15.1 Å². The zero-order valence-electron chi connectivity index (χ0n) is 14.1. The highest BCUT2D eigenvalue weighted by Crippen LogP contribution is 2.23. The molecule has 0 saturated carbocycles. The molecule has 7 nitrogen and oxygen atoms in total. The molecule has 1 amide bonds. The molecule has 0 spiro atoms. The molecule has 2 aromatic rings. The first kappa shape index (κ1) is 15.7. The van der Waals surface area contributed by atoms with E-state index in [1.807, 2.05) is 33.8 Å². The number of nitrogens with zero attached hydrogens (tertiary/aromatic N) is 5. The van der Waals surface area contributed by atoms with Crippen molar-refractivity contribution in [3.8, 4) is 0 Å². The number of aryl methyl sites for hydroxylation is 1. The lowest BCUT2D eigenvalue weighted by Gasteiger charge is -2.24. The predicted molar refractivity (Wildman–Crippen MR) is 85.1 cm³/mol. The molecule has 1 atom stereocenters. The van der Waals surface area contributed by atoms with Crippen LogP contribution in [0, 0.1) is 12.8 Å². The molecule has 1 aliphatic heterocycles. The van der Waals surface area contributed by atoms with E-state index in [1.165, 1.54) is 6.33 Å². The number of hydrogen-bond donors (Lipinski definition) is 0. The minimum absolute atomic E-state index is 0.225. The van der Waals surface area contributed by atoms with Crippen molar-refractivity contribution in [3.63, 3.8) is 0 Å². The second kappa shape index (κ2) is 5.79. The molecule has 3 heterocycles. The third-order valence-electron chi connectivity index (χ3n) is 3.89. The molecule has 124 valence electrons. The molecule has 7 heteroatoms. The molecule has 1 unspecified atom stereocenters. The summed E-state index contributed by atoms with van der Waals surface area (Å²) in [6.07, 6.45) is 3.11. The van der Waals surface area contributed by atoms with Gasteiger partial charge in [-0.1, -0.05) is 0 Å². The van der Waals surface area contributed by atoms with Crippen LogP contribution in [0.15, 0.2) is 12.4 Å². The van der Waals surface area contributed by atoms with Gasteiger partial charge < -0.3 is 9.64 Å². The van der Waals surface area contributed by atoms with Crippen molar-refractivity contribution in [1.29, 1.82) is 0 Å². The van der Waals surface area contributed by atoms with E-state index in [0.717, 1.165) is 30.8 Å². The number of fused-ring (bicyclic) bond motifs is 1. The van der Waals surface area contributed by atoms with E-state index in [4.69, 9.17) is 4.74 Å². The molecular formula is C16H23N5O2. The Morgan fingerprint density at radius 3 is 2.96 bits per heavy atom. The molecule has 0 N–H and O–H groups in total. The van der Waals surface area contributed by atoms with Crippen LogP contribution in [0.1, 0.15) is 38.6 Å². The third-order valence-corrected chi connectivity index (χ3v) is 3.89. The largest absolute Gasteiger partial charge is 0.444 e. The van der Waals surface area contributed by atoms with Crippen LogP contribution in [0.4, 0.5) is 4.79 Å². The maximum absolute atomic E-state index is 12.2. The summed E-state index contributed by atoms with van der Waals surface area (Å²) in [5.74, 6) is 1.03. The number of aromatic nitrogens is 4. The molecule has 23 heavy (non-hydrogen) atoms. The zero-order chi connectivity index (χ0) is 16.6. The van der Waals surface area contributed by atoms with Crippen molar-refractivity contribution in [2.75, 3.05) is 13.1 Å². The Balaban J connectivity index is 1.68. The van der Waals surface area contributed by atoms with Crippen LogP contribution in [-0.4, -0.2) is 49.3 Å². The molecule has 1 fully saturated rings. The zero-order valence-corrected chi connectivity index (χ0v) is 14.1. The van der Waals surface area contributed by atoms with E-state index in [-0.39, 0.29) is 6.09 Å². The van der Waals surface area contributed by atoms with Crippen molar-refractivity contribution in [3.05, 3.63) is 23.8 Å². The topological polar surface area (TPSA) is 72.6 Å². The van der Waals surface area contributed by atoms with Crippen LogP contribution < -0.4 is 0 Å². The van der Waals surface area contributed by atoms with Gasteiger partial charge in [-0.2, -0.15) is 10.1 Å². The lowest BCUT2D eigenvalue weighted by atomic mass is 10.0. The summed E-state index contributed by atoms with van der Waals surface area (Å²) in [5.41, 5.74) is 1.56. The van der Waals surface area contributed by atoms with Gasteiger partial charge in [0, 0.05) is 24.5 Å². The van der Waals surface area contributed by atoms with Crippen LogP contribution in [-0.2, 0) is 11.2 Å². The average Bonchev–Trinajstić information content (AvgIpc) is 3.05. The SMILES string of the molecule is Cc1cc(CC2CCN(C(=O)OC(C)(C)C)C2)n2ncnc2n1. The second-order valence-corrected chi connectivity index (χ2v) is 7.15. The van der Waals surface area contributed by atoms with Gasteiger partial charge in [0.25, 0.3) is 5.78 Å².